The molecule has 2 heterocycles. The summed E-state index contributed by atoms with van der Waals surface area (Å²) in [6.45, 7) is 0. The minimum Gasteiger partial charge on any atom is -0.281 e. The summed E-state index contributed by atoms with van der Waals surface area (Å²) in [5, 5.41) is 6.12. The van der Waals surface area contributed by atoms with Crippen LogP contribution in [0.5, 0.6) is 0 Å². The SMILES string of the molecule is O=S1(=O)CCCC1c1ccn[nH]1. The lowest BCUT2D eigenvalue weighted by atomic mass is 10.2. The van der Waals surface area contributed by atoms with E-state index in [1.165, 1.54) is 0 Å². The van der Waals surface area contributed by atoms with E-state index in [4.69, 9.17) is 0 Å². The summed E-state index contributed by atoms with van der Waals surface area (Å²) in [4.78, 5) is 0. The average Bonchev–Trinajstić information content (AvgIpc) is 2.55. The molecule has 66 valence electrons. The second kappa shape index (κ2) is 2.58. The van der Waals surface area contributed by atoms with Crippen molar-refractivity contribution in [2.75, 3.05) is 5.75 Å². The molecule has 1 aliphatic heterocycles. The Morgan fingerprint density at radius 2 is 2.42 bits per heavy atom. The van der Waals surface area contributed by atoms with Crippen LogP contribution < -0.4 is 0 Å². The molecule has 1 aromatic rings. The van der Waals surface area contributed by atoms with Crippen LogP contribution in [0.2, 0.25) is 0 Å². The van der Waals surface area contributed by atoms with E-state index >= 15 is 0 Å². The van der Waals surface area contributed by atoms with Crippen molar-refractivity contribution in [3.05, 3.63) is 18.0 Å². The fraction of sp³-hybridized carbons (Fsp3) is 0.571. The van der Waals surface area contributed by atoms with Crippen LogP contribution in [0, 0.1) is 0 Å². The van der Waals surface area contributed by atoms with Crippen LogP contribution >= 0.6 is 0 Å². The molecule has 1 fully saturated rings. The van der Waals surface area contributed by atoms with Gasteiger partial charge >= 0.3 is 0 Å². The van der Waals surface area contributed by atoms with Crippen molar-refractivity contribution in [3.8, 4) is 0 Å². The fourth-order valence-corrected chi connectivity index (χ4v) is 3.48. The molecule has 1 aromatic heterocycles. The van der Waals surface area contributed by atoms with Crippen LogP contribution in [0.1, 0.15) is 23.8 Å². The lowest BCUT2D eigenvalue weighted by molar-refractivity contribution is 0.590. The Labute approximate surface area is 70.9 Å². The first-order valence-corrected chi connectivity index (χ1v) is 5.62. The highest BCUT2D eigenvalue weighted by molar-refractivity contribution is 7.91. The third-order valence-electron chi connectivity index (χ3n) is 2.20. The summed E-state index contributed by atoms with van der Waals surface area (Å²) in [5.74, 6) is 0.316. The van der Waals surface area contributed by atoms with Gasteiger partial charge in [-0.25, -0.2) is 8.42 Å². The molecule has 1 unspecified atom stereocenters. The van der Waals surface area contributed by atoms with Crippen LogP contribution in [-0.4, -0.2) is 24.4 Å². The zero-order chi connectivity index (χ0) is 8.60. The highest BCUT2D eigenvalue weighted by Gasteiger charge is 2.33. The summed E-state index contributed by atoms with van der Waals surface area (Å²) in [6.07, 6.45) is 3.08. The van der Waals surface area contributed by atoms with Gasteiger partial charge in [0.15, 0.2) is 9.84 Å². The largest absolute Gasteiger partial charge is 0.281 e. The van der Waals surface area contributed by atoms with Gasteiger partial charge in [-0.1, -0.05) is 0 Å². The van der Waals surface area contributed by atoms with Crippen molar-refractivity contribution in [2.24, 2.45) is 0 Å². The van der Waals surface area contributed by atoms with Gasteiger partial charge in [0, 0.05) is 6.20 Å². The molecule has 4 nitrogen and oxygen atoms in total. The van der Waals surface area contributed by atoms with Crippen LogP contribution in [-0.2, 0) is 9.84 Å². The summed E-state index contributed by atoms with van der Waals surface area (Å²) in [6, 6.07) is 1.73. The molecule has 1 saturated heterocycles. The van der Waals surface area contributed by atoms with Gasteiger partial charge in [-0.3, -0.25) is 5.10 Å². The van der Waals surface area contributed by atoms with Crippen molar-refractivity contribution in [3.63, 3.8) is 0 Å². The highest BCUT2D eigenvalue weighted by atomic mass is 32.2. The molecule has 0 saturated carbocycles. The van der Waals surface area contributed by atoms with Gasteiger partial charge in [0.1, 0.15) is 5.25 Å². The minimum atomic E-state index is -2.88. The number of hydrogen-bond donors (Lipinski definition) is 1. The van der Waals surface area contributed by atoms with Crippen LogP contribution in [0.15, 0.2) is 12.3 Å². The van der Waals surface area contributed by atoms with Crippen molar-refractivity contribution < 1.29 is 8.42 Å². The Balaban J connectivity index is 2.37. The molecule has 1 N–H and O–H groups in total. The lowest BCUT2D eigenvalue weighted by Gasteiger charge is -2.04. The summed E-state index contributed by atoms with van der Waals surface area (Å²) in [7, 11) is -2.88. The Kier molecular flexibility index (Phi) is 1.68. The van der Waals surface area contributed by atoms with Crippen LogP contribution in [0.4, 0.5) is 0 Å². The topological polar surface area (TPSA) is 62.8 Å². The van der Waals surface area contributed by atoms with Gasteiger partial charge in [-0.2, -0.15) is 5.10 Å². The van der Waals surface area contributed by atoms with Gasteiger partial charge < -0.3 is 0 Å². The maximum absolute atomic E-state index is 11.4. The maximum atomic E-state index is 11.4. The third kappa shape index (κ3) is 1.14. The molecule has 0 amide bonds. The van der Waals surface area contributed by atoms with Gasteiger partial charge in [0.2, 0.25) is 0 Å². The van der Waals surface area contributed by atoms with Gasteiger partial charge in [0.05, 0.1) is 11.4 Å². The van der Waals surface area contributed by atoms with E-state index in [0.29, 0.717) is 5.75 Å². The van der Waals surface area contributed by atoms with Crippen LogP contribution in [0.25, 0.3) is 0 Å². The average molecular weight is 186 g/mol. The monoisotopic (exact) mass is 186 g/mol. The molecular formula is C7H10N2O2S. The van der Waals surface area contributed by atoms with Crippen molar-refractivity contribution >= 4 is 9.84 Å². The Hall–Kier alpha value is -0.840. The van der Waals surface area contributed by atoms with E-state index in [9.17, 15) is 8.42 Å². The summed E-state index contributed by atoms with van der Waals surface area (Å²) < 4.78 is 22.8. The first-order valence-electron chi connectivity index (χ1n) is 3.91. The predicted molar refractivity (Wildman–Crippen MR) is 44.3 cm³/mol. The van der Waals surface area contributed by atoms with Gasteiger partial charge in [-0.05, 0) is 18.9 Å². The number of sulfone groups is 1. The Bertz CT molecular complexity index is 355. The van der Waals surface area contributed by atoms with Crippen molar-refractivity contribution in [2.45, 2.75) is 18.1 Å². The second-order valence-electron chi connectivity index (χ2n) is 3.01. The second-order valence-corrected chi connectivity index (χ2v) is 5.31. The zero-order valence-electron chi connectivity index (χ0n) is 6.53. The molecule has 12 heavy (non-hydrogen) atoms. The van der Waals surface area contributed by atoms with Gasteiger partial charge in [-0.15, -0.1) is 0 Å². The Morgan fingerprint density at radius 3 is 2.92 bits per heavy atom. The number of rotatable bonds is 1. The molecule has 0 radical (unpaired) electrons. The standard InChI is InChI=1S/C7H10N2O2S/c10-12(11)5-1-2-7(12)6-3-4-8-9-6/h3-4,7H,1-2,5H2,(H,8,9). The molecule has 0 bridgehead atoms. The number of aromatic amines is 1. The molecule has 1 atom stereocenters. The third-order valence-corrected chi connectivity index (χ3v) is 4.41. The number of aromatic nitrogens is 2. The lowest BCUT2D eigenvalue weighted by Crippen LogP contribution is -2.08. The predicted octanol–water partition coefficient (Wildman–Crippen LogP) is 0.659. The smallest absolute Gasteiger partial charge is 0.158 e. The molecular weight excluding hydrogens is 176 g/mol. The first kappa shape index (κ1) is 7.79. The maximum Gasteiger partial charge on any atom is 0.158 e. The summed E-state index contributed by atoms with van der Waals surface area (Å²) >= 11 is 0. The van der Waals surface area contributed by atoms with Crippen molar-refractivity contribution in [1.29, 1.82) is 0 Å². The Morgan fingerprint density at radius 1 is 1.58 bits per heavy atom. The molecule has 1 aliphatic rings. The van der Waals surface area contributed by atoms with E-state index in [1.807, 2.05) is 0 Å². The molecule has 0 aliphatic carbocycles. The van der Waals surface area contributed by atoms with Gasteiger partial charge in [0.25, 0.3) is 0 Å². The van der Waals surface area contributed by atoms with Crippen molar-refractivity contribution in [1.82, 2.24) is 10.2 Å². The van der Waals surface area contributed by atoms with E-state index in [0.717, 1.165) is 18.5 Å². The zero-order valence-corrected chi connectivity index (χ0v) is 7.34. The normalized spacial score (nSPS) is 27.5. The molecule has 2 rings (SSSR count). The quantitative estimate of drug-likeness (QED) is 0.700. The van der Waals surface area contributed by atoms with E-state index in [2.05, 4.69) is 10.2 Å². The summed E-state index contributed by atoms with van der Waals surface area (Å²) in [5.41, 5.74) is 0.729. The minimum absolute atomic E-state index is 0.316. The molecule has 0 aromatic carbocycles. The van der Waals surface area contributed by atoms with E-state index in [-0.39, 0.29) is 5.25 Å². The van der Waals surface area contributed by atoms with Crippen LogP contribution in [0.3, 0.4) is 0 Å². The molecule has 0 spiro atoms. The number of nitrogens with one attached hydrogen (secondary N) is 1. The number of hydrogen-bond acceptors (Lipinski definition) is 3. The van der Waals surface area contributed by atoms with E-state index < -0.39 is 9.84 Å². The highest BCUT2D eigenvalue weighted by Crippen LogP contribution is 2.32. The first-order chi connectivity index (χ1) is 5.70. The number of H-pyrrole nitrogens is 1. The number of nitrogens with zero attached hydrogens (tertiary/aromatic N) is 1. The fourth-order valence-electron chi connectivity index (χ4n) is 1.59. The van der Waals surface area contributed by atoms with E-state index in [1.54, 1.807) is 12.3 Å². The molecule has 5 heteroatoms.